The molecule has 0 radical (unpaired) electrons. The molecule has 1 atom stereocenters. The van der Waals surface area contributed by atoms with Gasteiger partial charge in [0.05, 0.1) is 5.52 Å². The van der Waals surface area contributed by atoms with Gasteiger partial charge >= 0.3 is 0 Å². The number of hydrogen-bond acceptors (Lipinski definition) is 3. The van der Waals surface area contributed by atoms with E-state index >= 15 is 0 Å². The average molecular weight is 217 g/mol. The van der Waals surface area contributed by atoms with Crippen LogP contribution < -0.4 is 10.1 Å². The lowest BCUT2D eigenvalue weighted by Gasteiger charge is -2.12. The Balaban J connectivity index is 1.88. The van der Waals surface area contributed by atoms with Gasteiger partial charge in [-0.05, 0) is 38.1 Å². The van der Waals surface area contributed by atoms with Crippen LogP contribution in [0, 0.1) is 6.92 Å². The Bertz CT molecular complexity index is 500. The van der Waals surface area contributed by atoms with Crippen LogP contribution in [0.5, 0.6) is 5.75 Å². The van der Waals surface area contributed by atoms with Gasteiger partial charge in [0.1, 0.15) is 11.9 Å². The van der Waals surface area contributed by atoms with Crippen LogP contribution in [0.15, 0.2) is 18.2 Å². The third-order valence-corrected chi connectivity index (χ3v) is 3.03. The van der Waals surface area contributed by atoms with E-state index in [-0.39, 0.29) is 0 Å². The summed E-state index contributed by atoms with van der Waals surface area (Å²) < 4.78 is 5.90. The molecule has 3 rings (SSSR count). The van der Waals surface area contributed by atoms with Gasteiger partial charge in [0.2, 0.25) is 0 Å². The molecule has 1 aromatic carbocycles. The molecule has 16 heavy (non-hydrogen) atoms. The molecule has 2 heterocycles. The first-order chi connectivity index (χ1) is 7.83. The fourth-order valence-electron chi connectivity index (χ4n) is 2.11. The summed E-state index contributed by atoms with van der Waals surface area (Å²) in [5, 5.41) is 11.6. The highest BCUT2D eigenvalue weighted by atomic mass is 16.5. The van der Waals surface area contributed by atoms with Crippen molar-refractivity contribution in [2.45, 2.75) is 19.4 Å². The SMILES string of the molecule is Cc1[nH]nc2ccc(OC3CCNC3)cc12. The van der Waals surface area contributed by atoms with Crippen LogP contribution in [0.25, 0.3) is 10.9 Å². The van der Waals surface area contributed by atoms with Crippen molar-refractivity contribution in [1.29, 1.82) is 0 Å². The minimum Gasteiger partial charge on any atom is -0.489 e. The summed E-state index contributed by atoms with van der Waals surface area (Å²) in [5.74, 6) is 0.936. The molecule has 1 unspecified atom stereocenters. The Morgan fingerprint density at radius 2 is 2.38 bits per heavy atom. The Hall–Kier alpha value is -1.55. The molecule has 1 aliphatic heterocycles. The van der Waals surface area contributed by atoms with E-state index in [2.05, 4.69) is 21.6 Å². The van der Waals surface area contributed by atoms with Crippen LogP contribution in [0.4, 0.5) is 0 Å². The van der Waals surface area contributed by atoms with Crippen LogP contribution >= 0.6 is 0 Å². The maximum Gasteiger partial charge on any atom is 0.120 e. The molecule has 1 aliphatic rings. The van der Waals surface area contributed by atoms with Crippen molar-refractivity contribution in [3.63, 3.8) is 0 Å². The van der Waals surface area contributed by atoms with E-state index in [9.17, 15) is 0 Å². The Morgan fingerprint density at radius 1 is 1.44 bits per heavy atom. The summed E-state index contributed by atoms with van der Waals surface area (Å²) in [6.45, 7) is 4.02. The molecule has 1 saturated heterocycles. The van der Waals surface area contributed by atoms with Crippen LogP contribution in [-0.2, 0) is 0 Å². The number of hydrogen-bond donors (Lipinski definition) is 2. The Labute approximate surface area is 94.0 Å². The zero-order valence-electron chi connectivity index (χ0n) is 9.29. The summed E-state index contributed by atoms with van der Waals surface area (Å²) >= 11 is 0. The van der Waals surface area contributed by atoms with Gasteiger partial charge in [-0.3, -0.25) is 5.10 Å². The first-order valence-corrected chi connectivity index (χ1v) is 5.65. The number of nitrogens with zero attached hydrogens (tertiary/aromatic N) is 1. The third-order valence-electron chi connectivity index (χ3n) is 3.03. The summed E-state index contributed by atoms with van der Waals surface area (Å²) in [5.41, 5.74) is 2.08. The first kappa shape index (κ1) is 9.66. The highest BCUT2D eigenvalue weighted by Crippen LogP contribution is 2.23. The van der Waals surface area contributed by atoms with Crippen molar-refractivity contribution in [3.05, 3.63) is 23.9 Å². The number of nitrogens with one attached hydrogen (secondary N) is 2. The van der Waals surface area contributed by atoms with Crippen LogP contribution in [0.2, 0.25) is 0 Å². The van der Waals surface area contributed by atoms with Crippen LogP contribution in [0.3, 0.4) is 0 Å². The molecular weight excluding hydrogens is 202 g/mol. The fourth-order valence-corrected chi connectivity index (χ4v) is 2.11. The molecule has 4 nitrogen and oxygen atoms in total. The Morgan fingerprint density at radius 3 is 3.19 bits per heavy atom. The summed E-state index contributed by atoms with van der Waals surface area (Å²) in [6, 6.07) is 6.05. The number of ether oxygens (including phenoxy) is 1. The molecule has 84 valence electrons. The molecule has 0 spiro atoms. The second-order valence-corrected chi connectivity index (χ2v) is 4.26. The van der Waals surface area contributed by atoms with Crippen LogP contribution in [0.1, 0.15) is 12.1 Å². The van der Waals surface area contributed by atoms with Crippen LogP contribution in [-0.4, -0.2) is 29.4 Å². The van der Waals surface area contributed by atoms with E-state index in [1.54, 1.807) is 0 Å². The van der Waals surface area contributed by atoms with Gasteiger partial charge in [-0.25, -0.2) is 0 Å². The maximum absolute atomic E-state index is 5.90. The molecule has 1 aromatic heterocycles. The fraction of sp³-hybridized carbons (Fsp3) is 0.417. The number of rotatable bonds is 2. The lowest BCUT2D eigenvalue weighted by atomic mass is 10.2. The second kappa shape index (κ2) is 3.79. The lowest BCUT2D eigenvalue weighted by molar-refractivity contribution is 0.223. The predicted molar refractivity (Wildman–Crippen MR) is 62.7 cm³/mol. The van der Waals surface area contributed by atoms with E-state index in [0.717, 1.165) is 41.9 Å². The highest BCUT2D eigenvalue weighted by molar-refractivity contribution is 5.82. The monoisotopic (exact) mass is 217 g/mol. The van der Waals surface area contributed by atoms with Crippen molar-refractivity contribution in [2.24, 2.45) is 0 Å². The quantitative estimate of drug-likeness (QED) is 0.803. The summed E-state index contributed by atoms with van der Waals surface area (Å²) in [7, 11) is 0. The molecule has 2 aromatic rings. The molecule has 0 bridgehead atoms. The molecule has 0 aliphatic carbocycles. The van der Waals surface area contributed by atoms with Gasteiger partial charge in [0.25, 0.3) is 0 Å². The van der Waals surface area contributed by atoms with Crippen molar-refractivity contribution < 1.29 is 4.74 Å². The molecule has 4 heteroatoms. The van der Waals surface area contributed by atoms with Crippen molar-refractivity contribution in [3.8, 4) is 5.75 Å². The van der Waals surface area contributed by atoms with Crippen molar-refractivity contribution in [1.82, 2.24) is 15.5 Å². The second-order valence-electron chi connectivity index (χ2n) is 4.26. The number of aromatic amines is 1. The van der Waals surface area contributed by atoms with Gasteiger partial charge in [-0.15, -0.1) is 0 Å². The predicted octanol–water partition coefficient (Wildman–Crippen LogP) is 1.61. The van der Waals surface area contributed by atoms with E-state index in [0.29, 0.717) is 6.10 Å². The summed E-state index contributed by atoms with van der Waals surface area (Å²) in [4.78, 5) is 0. The number of aromatic nitrogens is 2. The topological polar surface area (TPSA) is 49.9 Å². The summed E-state index contributed by atoms with van der Waals surface area (Å²) in [6.07, 6.45) is 1.40. The lowest BCUT2D eigenvalue weighted by Crippen LogP contribution is -2.19. The third kappa shape index (κ3) is 1.65. The van der Waals surface area contributed by atoms with E-state index in [1.807, 2.05) is 19.1 Å². The molecule has 0 saturated carbocycles. The van der Waals surface area contributed by atoms with Crippen molar-refractivity contribution >= 4 is 10.9 Å². The zero-order valence-corrected chi connectivity index (χ0v) is 9.29. The highest BCUT2D eigenvalue weighted by Gasteiger charge is 2.16. The van der Waals surface area contributed by atoms with Gasteiger partial charge in [-0.2, -0.15) is 5.10 Å². The van der Waals surface area contributed by atoms with E-state index in [4.69, 9.17) is 4.74 Å². The Kier molecular flexibility index (Phi) is 2.29. The molecular formula is C12H15N3O. The van der Waals surface area contributed by atoms with E-state index in [1.165, 1.54) is 0 Å². The minimum atomic E-state index is 0.310. The smallest absolute Gasteiger partial charge is 0.120 e. The molecule has 0 amide bonds. The minimum absolute atomic E-state index is 0.310. The van der Waals surface area contributed by atoms with Gasteiger partial charge in [0, 0.05) is 17.6 Å². The first-order valence-electron chi connectivity index (χ1n) is 5.65. The number of H-pyrrole nitrogens is 1. The standard InChI is InChI=1S/C12H15N3O/c1-8-11-6-9(2-3-12(11)15-14-8)16-10-4-5-13-7-10/h2-3,6,10,13H,4-5,7H2,1H3,(H,14,15). The average Bonchev–Trinajstić information content (AvgIpc) is 2.90. The van der Waals surface area contributed by atoms with Crippen molar-refractivity contribution in [2.75, 3.05) is 13.1 Å². The van der Waals surface area contributed by atoms with Gasteiger partial charge in [-0.1, -0.05) is 0 Å². The number of aryl methyl sites for hydroxylation is 1. The van der Waals surface area contributed by atoms with Gasteiger partial charge < -0.3 is 10.1 Å². The zero-order chi connectivity index (χ0) is 11.0. The normalized spacial score (nSPS) is 20.4. The van der Waals surface area contributed by atoms with E-state index < -0.39 is 0 Å². The largest absolute Gasteiger partial charge is 0.489 e. The molecule has 2 N–H and O–H groups in total. The molecule has 1 fully saturated rings. The maximum atomic E-state index is 5.90. The van der Waals surface area contributed by atoms with Gasteiger partial charge in [0.15, 0.2) is 0 Å². The number of fused-ring (bicyclic) bond motifs is 1. The number of benzene rings is 1.